The van der Waals surface area contributed by atoms with Crippen LogP contribution in [0.1, 0.15) is 31.7 Å². The molecule has 0 radical (unpaired) electrons. The SMILES string of the molecule is CCNC(=NCCC1CCN(CC(F)(F)F)CC1)NCCc1ccc2c(c1)OCO2. The van der Waals surface area contributed by atoms with Crippen LogP contribution in [0.3, 0.4) is 0 Å². The zero-order valence-corrected chi connectivity index (χ0v) is 17.4. The van der Waals surface area contributed by atoms with Crippen LogP contribution in [0.4, 0.5) is 13.2 Å². The molecule has 2 aliphatic heterocycles. The predicted octanol–water partition coefficient (Wildman–Crippen LogP) is 3.18. The molecule has 0 aliphatic carbocycles. The van der Waals surface area contributed by atoms with Crippen molar-refractivity contribution in [3.8, 4) is 11.5 Å². The average molecular weight is 428 g/mol. The van der Waals surface area contributed by atoms with Gasteiger partial charge < -0.3 is 20.1 Å². The number of benzene rings is 1. The molecule has 168 valence electrons. The highest BCUT2D eigenvalue weighted by Crippen LogP contribution is 2.32. The van der Waals surface area contributed by atoms with Gasteiger partial charge in [0.25, 0.3) is 0 Å². The molecule has 1 aromatic rings. The van der Waals surface area contributed by atoms with E-state index in [1.165, 1.54) is 4.90 Å². The molecule has 6 nitrogen and oxygen atoms in total. The molecule has 0 aromatic heterocycles. The number of piperidine rings is 1. The van der Waals surface area contributed by atoms with Crippen molar-refractivity contribution in [2.24, 2.45) is 10.9 Å². The second-order valence-corrected chi connectivity index (χ2v) is 7.75. The van der Waals surface area contributed by atoms with Crippen LogP contribution in [0, 0.1) is 5.92 Å². The number of aliphatic imine (C=N–C) groups is 1. The molecule has 1 fully saturated rings. The number of hydrogen-bond donors (Lipinski definition) is 2. The normalized spacial score (nSPS) is 17.9. The molecule has 0 unspecified atom stereocenters. The fourth-order valence-corrected chi connectivity index (χ4v) is 3.81. The number of alkyl halides is 3. The minimum Gasteiger partial charge on any atom is -0.454 e. The molecule has 0 bridgehead atoms. The van der Waals surface area contributed by atoms with Crippen LogP contribution in [0.25, 0.3) is 0 Å². The Kier molecular flexibility index (Phi) is 8.07. The Hall–Kier alpha value is -2.16. The summed E-state index contributed by atoms with van der Waals surface area (Å²) in [5.74, 6) is 2.78. The highest BCUT2D eigenvalue weighted by Gasteiger charge is 2.32. The molecule has 9 heteroatoms. The molecular formula is C21H31F3N4O2. The molecular weight excluding hydrogens is 397 g/mol. The van der Waals surface area contributed by atoms with E-state index >= 15 is 0 Å². The lowest BCUT2D eigenvalue weighted by atomic mass is 9.93. The minimum absolute atomic E-state index is 0.273. The van der Waals surface area contributed by atoms with E-state index in [1.807, 2.05) is 25.1 Å². The largest absolute Gasteiger partial charge is 0.454 e. The number of nitrogens with one attached hydrogen (secondary N) is 2. The summed E-state index contributed by atoms with van der Waals surface area (Å²) < 4.78 is 48.2. The van der Waals surface area contributed by atoms with Gasteiger partial charge in [0.05, 0.1) is 6.54 Å². The lowest BCUT2D eigenvalue weighted by Crippen LogP contribution is -2.40. The minimum atomic E-state index is -4.11. The maximum atomic E-state index is 12.5. The topological polar surface area (TPSA) is 58.1 Å². The number of nitrogens with zero attached hydrogens (tertiary/aromatic N) is 2. The zero-order valence-electron chi connectivity index (χ0n) is 17.4. The van der Waals surface area contributed by atoms with Gasteiger partial charge in [-0.05, 0) is 69.3 Å². The van der Waals surface area contributed by atoms with E-state index in [9.17, 15) is 13.2 Å². The first-order valence-corrected chi connectivity index (χ1v) is 10.6. The lowest BCUT2D eigenvalue weighted by Gasteiger charge is -2.32. The van der Waals surface area contributed by atoms with E-state index in [0.717, 1.165) is 61.8 Å². The molecule has 0 atom stereocenters. The van der Waals surface area contributed by atoms with Crippen LogP contribution in [0.5, 0.6) is 11.5 Å². The summed E-state index contributed by atoms with van der Waals surface area (Å²) in [5.41, 5.74) is 1.16. The monoisotopic (exact) mass is 428 g/mol. The van der Waals surface area contributed by atoms with Crippen molar-refractivity contribution >= 4 is 5.96 Å². The van der Waals surface area contributed by atoms with Crippen molar-refractivity contribution in [1.82, 2.24) is 15.5 Å². The van der Waals surface area contributed by atoms with Crippen LogP contribution < -0.4 is 20.1 Å². The number of rotatable bonds is 8. The molecule has 0 saturated carbocycles. The van der Waals surface area contributed by atoms with Crippen molar-refractivity contribution in [1.29, 1.82) is 0 Å². The Morgan fingerprint density at radius 2 is 1.93 bits per heavy atom. The smallest absolute Gasteiger partial charge is 0.401 e. The van der Waals surface area contributed by atoms with E-state index in [2.05, 4.69) is 15.6 Å². The van der Waals surface area contributed by atoms with Crippen molar-refractivity contribution in [2.75, 3.05) is 46.1 Å². The zero-order chi connectivity index (χ0) is 21.4. The Balaban J connectivity index is 1.37. The Morgan fingerprint density at radius 3 is 2.67 bits per heavy atom. The molecule has 0 spiro atoms. The van der Waals surface area contributed by atoms with Gasteiger partial charge in [0.2, 0.25) is 6.79 Å². The first-order chi connectivity index (χ1) is 14.4. The average Bonchev–Trinajstić information content (AvgIpc) is 3.16. The molecule has 30 heavy (non-hydrogen) atoms. The Bertz CT molecular complexity index is 704. The van der Waals surface area contributed by atoms with E-state index in [0.29, 0.717) is 25.6 Å². The standard InChI is InChI=1S/C21H31F3N4O2/c1-2-25-20(27-10-6-17-3-4-18-19(13-17)30-15-29-18)26-9-5-16-7-11-28(12-8-16)14-21(22,23)24/h3-4,13,16H,2,5-12,14-15H2,1H3,(H2,25,26,27). The van der Waals surface area contributed by atoms with E-state index in [-0.39, 0.29) is 6.79 Å². The highest BCUT2D eigenvalue weighted by atomic mass is 19.4. The third-order valence-corrected chi connectivity index (χ3v) is 5.40. The van der Waals surface area contributed by atoms with Crippen molar-refractivity contribution in [2.45, 2.75) is 38.8 Å². The summed E-state index contributed by atoms with van der Waals surface area (Å²) in [4.78, 5) is 6.13. The van der Waals surface area contributed by atoms with Gasteiger partial charge in [-0.25, -0.2) is 0 Å². The Labute approximate surface area is 175 Å². The van der Waals surface area contributed by atoms with Gasteiger partial charge in [-0.1, -0.05) is 6.07 Å². The van der Waals surface area contributed by atoms with Crippen LogP contribution in [-0.4, -0.2) is 63.1 Å². The van der Waals surface area contributed by atoms with Gasteiger partial charge in [0, 0.05) is 19.6 Å². The molecule has 1 saturated heterocycles. The molecule has 3 rings (SSSR count). The highest BCUT2D eigenvalue weighted by molar-refractivity contribution is 5.79. The predicted molar refractivity (Wildman–Crippen MR) is 110 cm³/mol. The van der Waals surface area contributed by atoms with E-state index in [1.54, 1.807) is 0 Å². The fraction of sp³-hybridized carbons (Fsp3) is 0.667. The van der Waals surface area contributed by atoms with Crippen molar-refractivity contribution in [3.63, 3.8) is 0 Å². The molecule has 2 aliphatic rings. The Morgan fingerprint density at radius 1 is 1.17 bits per heavy atom. The maximum absolute atomic E-state index is 12.5. The molecule has 1 aromatic carbocycles. The second-order valence-electron chi connectivity index (χ2n) is 7.75. The van der Waals surface area contributed by atoms with Gasteiger partial charge in [-0.3, -0.25) is 9.89 Å². The third kappa shape index (κ3) is 7.27. The quantitative estimate of drug-likeness (QED) is 0.492. The summed E-state index contributed by atoms with van der Waals surface area (Å²) in [5, 5.41) is 6.58. The lowest BCUT2D eigenvalue weighted by molar-refractivity contribution is -0.148. The molecule has 0 amide bonds. The number of fused-ring (bicyclic) bond motifs is 1. The summed E-state index contributed by atoms with van der Waals surface area (Å²) in [6.45, 7) is 4.70. The molecule has 2 heterocycles. The third-order valence-electron chi connectivity index (χ3n) is 5.40. The summed E-state index contributed by atoms with van der Waals surface area (Å²) >= 11 is 0. The number of guanidine groups is 1. The number of likely N-dealkylation sites (tertiary alicyclic amines) is 1. The first kappa shape index (κ1) is 22.5. The van der Waals surface area contributed by atoms with Crippen LogP contribution in [0.2, 0.25) is 0 Å². The number of hydrogen-bond acceptors (Lipinski definition) is 4. The van der Waals surface area contributed by atoms with Gasteiger partial charge in [0.1, 0.15) is 0 Å². The van der Waals surface area contributed by atoms with Gasteiger partial charge in [-0.15, -0.1) is 0 Å². The number of halogens is 3. The van der Waals surface area contributed by atoms with Crippen LogP contribution >= 0.6 is 0 Å². The first-order valence-electron chi connectivity index (χ1n) is 10.6. The summed E-state index contributed by atoms with van der Waals surface area (Å²) in [7, 11) is 0. The molecule has 2 N–H and O–H groups in total. The van der Waals surface area contributed by atoms with Crippen LogP contribution in [0.15, 0.2) is 23.2 Å². The number of ether oxygens (including phenoxy) is 2. The van der Waals surface area contributed by atoms with Crippen molar-refractivity contribution in [3.05, 3.63) is 23.8 Å². The fourth-order valence-electron chi connectivity index (χ4n) is 3.81. The van der Waals surface area contributed by atoms with Gasteiger partial charge >= 0.3 is 6.18 Å². The van der Waals surface area contributed by atoms with Crippen molar-refractivity contribution < 1.29 is 22.6 Å². The van der Waals surface area contributed by atoms with Gasteiger partial charge in [0.15, 0.2) is 17.5 Å². The summed E-state index contributed by atoms with van der Waals surface area (Å²) in [6.07, 6.45) is -0.763. The van der Waals surface area contributed by atoms with E-state index in [4.69, 9.17) is 9.47 Å². The van der Waals surface area contributed by atoms with Crippen LogP contribution in [-0.2, 0) is 6.42 Å². The van der Waals surface area contributed by atoms with Gasteiger partial charge in [-0.2, -0.15) is 13.2 Å². The maximum Gasteiger partial charge on any atom is 0.401 e. The second kappa shape index (κ2) is 10.7. The van der Waals surface area contributed by atoms with E-state index < -0.39 is 12.7 Å². The summed E-state index contributed by atoms with van der Waals surface area (Å²) in [6, 6.07) is 5.96.